The first-order valence-corrected chi connectivity index (χ1v) is 9.18. The van der Waals surface area contributed by atoms with E-state index in [0.717, 1.165) is 16.3 Å². The van der Waals surface area contributed by atoms with Gasteiger partial charge in [-0.1, -0.05) is 6.07 Å². The number of nitrogens with zero attached hydrogens (tertiary/aromatic N) is 3. The van der Waals surface area contributed by atoms with Crippen LogP contribution >= 0.6 is 11.3 Å². The molecule has 0 aliphatic rings. The lowest BCUT2D eigenvalue weighted by Gasteiger charge is -2.10. The molecule has 6 nitrogen and oxygen atoms in total. The van der Waals surface area contributed by atoms with E-state index >= 15 is 0 Å². The van der Waals surface area contributed by atoms with Gasteiger partial charge in [0.25, 0.3) is 0 Å². The molecule has 0 saturated heterocycles. The van der Waals surface area contributed by atoms with Gasteiger partial charge >= 0.3 is 6.18 Å². The third-order valence-electron chi connectivity index (χ3n) is 3.43. The first-order chi connectivity index (χ1) is 12.8. The Morgan fingerprint density at radius 2 is 2.04 bits per heavy atom. The predicted molar refractivity (Wildman–Crippen MR) is 99.0 cm³/mol. The summed E-state index contributed by atoms with van der Waals surface area (Å²) in [4.78, 5) is 14.0. The summed E-state index contributed by atoms with van der Waals surface area (Å²) in [7, 11) is 0. The van der Waals surface area contributed by atoms with Gasteiger partial charge in [0.05, 0.1) is 18.8 Å². The van der Waals surface area contributed by atoms with E-state index in [1.807, 2.05) is 20.8 Å². The molecule has 0 aromatic carbocycles. The standard InChI is InChI=1S/C17H22F3N5OS/c1-4-21-16(24-9-15-25-11(2)12(3)27-15)23-8-13-5-6-14(22-7-13)26-10-17(18,19)20/h5-7H,4,8-10H2,1-3H3,(H2,21,23,24). The zero-order valence-corrected chi connectivity index (χ0v) is 16.2. The molecule has 27 heavy (non-hydrogen) atoms. The van der Waals surface area contributed by atoms with E-state index in [1.54, 1.807) is 17.4 Å². The number of hydrogen-bond donors (Lipinski definition) is 2. The molecule has 2 N–H and O–H groups in total. The number of guanidine groups is 1. The highest BCUT2D eigenvalue weighted by atomic mass is 32.1. The van der Waals surface area contributed by atoms with Gasteiger partial charge in [0.2, 0.25) is 5.88 Å². The minimum Gasteiger partial charge on any atom is -0.468 e. The summed E-state index contributed by atoms with van der Waals surface area (Å²) < 4.78 is 41.0. The summed E-state index contributed by atoms with van der Waals surface area (Å²) in [5.74, 6) is 0.556. The maximum absolute atomic E-state index is 12.1. The Kier molecular flexibility index (Phi) is 7.40. The summed E-state index contributed by atoms with van der Waals surface area (Å²) in [5, 5.41) is 7.33. The number of thiazole rings is 1. The molecule has 0 aliphatic heterocycles. The third kappa shape index (κ3) is 7.41. The Morgan fingerprint density at radius 3 is 2.59 bits per heavy atom. The van der Waals surface area contributed by atoms with Crippen molar-refractivity contribution in [1.82, 2.24) is 20.6 Å². The molecule has 0 spiro atoms. The highest BCUT2D eigenvalue weighted by Gasteiger charge is 2.28. The van der Waals surface area contributed by atoms with Crippen LogP contribution in [0.3, 0.4) is 0 Å². The van der Waals surface area contributed by atoms with E-state index in [-0.39, 0.29) is 5.88 Å². The monoisotopic (exact) mass is 401 g/mol. The fourth-order valence-corrected chi connectivity index (χ4v) is 2.91. The number of aromatic nitrogens is 2. The second-order valence-corrected chi connectivity index (χ2v) is 6.99. The second-order valence-electron chi connectivity index (χ2n) is 5.71. The van der Waals surface area contributed by atoms with Gasteiger partial charge < -0.3 is 15.4 Å². The number of alkyl halides is 3. The maximum atomic E-state index is 12.1. The molecular weight excluding hydrogens is 379 g/mol. The Labute approximate surface area is 159 Å². The summed E-state index contributed by atoms with van der Waals surface area (Å²) >= 11 is 1.64. The van der Waals surface area contributed by atoms with Crippen molar-refractivity contribution in [2.75, 3.05) is 13.2 Å². The van der Waals surface area contributed by atoms with E-state index in [1.165, 1.54) is 17.1 Å². The zero-order valence-electron chi connectivity index (χ0n) is 15.4. The van der Waals surface area contributed by atoms with Gasteiger partial charge in [-0.15, -0.1) is 11.3 Å². The van der Waals surface area contributed by atoms with Gasteiger partial charge in [0.15, 0.2) is 12.6 Å². The van der Waals surface area contributed by atoms with E-state index in [0.29, 0.717) is 25.6 Å². The molecule has 0 unspecified atom stereocenters. The van der Waals surface area contributed by atoms with Crippen molar-refractivity contribution in [3.63, 3.8) is 0 Å². The maximum Gasteiger partial charge on any atom is 0.422 e. The van der Waals surface area contributed by atoms with Crippen molar-refractivity contribution in [3.05, 3.63) is 39.5 Å². The van der Waals surface area contributed by atoms with Crippen LogP contribution in [0.25, 0.3) is 0 Å². The van der Waals surface area contributed by atoms with Crippen LogP contribution in [0.5, 0.6) is 5.88 Å². The number of hydrogen-bond acceptors (Lipinski definition) is 5. The Hall–Kier alpha value is -2.36. The first kappa shape index (κ1) is 20.9. The Bertz CT molecular complexity index is 739. The first-order valence-electron chi connectivity index (χ1n) is 8.36. The third-order valence-corrected chi connectivity index (χ3v) is 4.50. The molecule has 0 atom stereocenters. The molecule has 2 rings (SSSR count). The quantitative estimate of drug-likeness (QED) is 0.550. The minimum absolute atomic E-state index is 0.0698. The van der Waals surface area contributed by atoms with E-state index in [2.05, 4.69) is 30.3 Å². The Morgan fingerprint density at radius 1 is 1.26 bits per heavy atom. The SMILES string of the molecule is CCNC(=NCc1ccc(OCC(F)(F)F)nc1)NCc1nc(C)c(C)s1. The van der Waals surface area contributed by atoms with Crippen molar-refractivity contribution in [3.8, 4) is 5.88 Å². The number of rotatable bonds is 7. The van der Waals surface area contributed by atoms with E-state index in [4.69, 9.17) is 0 Å². The molecule has 0 bridgehead atoms. The fraction of sp³-hybridized carbons (Fsp3) is 0.471. The average Bonchev–Trinajstić information content (AvgIpc) is 2.94. The van der Waals surface area contributed by atoms with Crippen LogP contribution in [0.15, 0.2) is 23.3 Å². The van der Waals surface area contributed by atoms with Crippen molar-refractivity contribution < 1.29 is 17.9 Å². The summed E-state index contributed by atoms with van der Waals surface area (Å²) in [6, 6.07) is 3.04. The molecule has 10 heteroatoms. The van der Waals surface area contributed by atoms with Crippen LogP contribution in [0.4, 0.5) is 13.2 Å². The molecule has 2 heterocycles. The lowest BCUT2D eigenvalue weighted by atomic mass is 10.3. The molecule has 2 aromatic rings. The number of aliphatic imine (C=N–C) groups is 1. The lowest BCUT2D eigenvalue weighted by molar-refractivity contribution is -0.154. The summed E-state index contributed by atoms with van der Waals surface area (Å²) in [6.07, 6.45) is -2.93. The van der Waals surface area contributed by atoms with Crippen LogP contribution in [-0.2, 0) is 13.1 Å². The molecule has 148 valence electrons. The number of pyridine rings is 1. The van der Waals surface area contributed by atoms with Crippen LogP contribution in [-0.4, -0.2) is 35.3 Å². The number of nitrogens with one attached hydrogen (secondary N) is 2. The largest absolute Gasteiger partial charge is 0.468 e. The number of ether oxygens (including phenoxy) is 1. The second kappa shape index (κ2) is 9.54. The smallest absolute Gasteiger partial charge is 0.422 e. The molecule has 0 radical (unpaired) electrons. The Balaban J connectivity index is 1.91. The van der Waals surface area contributed by atoms with Gasteiger partial charge in [-0.05, 0) is 26.3 Å². The molecular formula is C17H22F3N5OS. The molecule has 2 aromatic heterocycles. The fourth-order valence-electron chi connectivity index (χ4n) is 2.03. The molecule has 0 fully saturated rings. The van der Waals surface area contributed by atoms with Gasteiger partial charge in [-0.2, -0.15) is 13.2 Å². The molecule has 0 amide bonds. The number of aryl methyl sites for hydroxylation is 2. The van der Waals surface area contributed by atoms with Crippen LogP contribution < -0.4 is 15.4 Å². The van der Waals surface area contributed by atoms with Crippen LogP contribution in [0, 0.1) is 13.8 Å². The van der Waals surface area contributed by atoms with Gasteiger partial charge in [-0.3, -0.25) is 0 Å². The van der Waals surface area contributed by atoms with Crippen molar-refractivity contribution in [2.45, 2.75) is 40.0 Å². The van der Waals surface area contributed by atoms with Gasteiger partial charge in [0, 0.05) is 23.7 Å². The normalized spacial score (nSPS) is 12.1. The molecule has 0 aliphatic carbocycles. The van der Waals surface area contributed by atoms with Crippen molar-refractivity contribution >= 4 is 17.3 Å². The van der Waals surface area contributed by atoms with Gasteiger partial charge in [-0.25, -0.2) is 15.0 Å². The van der Waals surface area contributed by atoms with E-state index < -0.39 is 12.8 Å². The number of halogens is 3. The highest BCUT2D eigenvalue weighted by molar-refractivity contribution is 7.11. The van der Waals surface area contributed by atoms with Crippen LogP contribution in [0.1, 0.15) is 28.1 Å². The van der Waals surface area contributed by atoms with Gasteiger partial charge in [0.1, 0.15) is 5.01 Å². The average molecular weight is 401 g/mol. The van der Waals surface area contributed by atoms with Crippen molar-refractivity contribution in [1.29, 1.82) is 0 Å². The van der Waals surface area contributed by atoms with Crippen molar-refractivity contribution in [2.24, 2.45) is 4.99 Å². The van der Waals surface area contributed by atoms with E-state index in [9.17, 15) is 13.2 Å². The topological polar surface area (TPSA) is 71.4 Å². The zero-order chi connectivity index (χ0) is 19.9. The van der Waals surface area contributed by atoms with Crippen LogP contribution in [0.2, 0.25) is 0 Å². The molecule has 0 saturated carbocycles. The summed E-state index contributed by atoms with van der Waals surface area (Å²) in [5.41, 5.74) is 1.78. The predicted octanol–water partition coefficient (Wildman–Crippen LogP) is 3.35. The summed E-state index contributed by atoms with van der Waals surface area (Å²) in [6.45, 7) is 6.20. The lowest BCUT2D eigenvalue weighted by Crippen LogP contribution is -2.36. The highest BCUT2D eigenvalue weighted by Crippen LogP contribution is 2.17. The minimum atomic E-state index is -4.38.